The zero-order valence-electron chi connectivity index (χ0n) is 25.0. The summed E-state index contributed by atoms with van der Waals surface area (Å²) in [5, 5.41) is 16.2. The van der Waals surface area contributed by atoms with Gasteiger partial charge in [-0.25, -0.2) is 14.0 Å². The number of urea groups is 2. The van der Waals surface area contributed by atoms with Crippen molar-refractivity contribution in [1.82, 2.24) is 20.4 Å². The molecule has 5 amide bonds. The van der Waals surface area contributed by atoms with Gasteiger partial charge in [-0.2, -0.15) is 0 Å². The number of aromatic hydroxyl groups is 1. The van der Waals surface area contributed by atoms with Crippen molar-refractivity contribution >= 4 is 61.1 Å². The van der Waals surface area contributed by atoms with Crippen LogP contribution in [0.4, 0.5) is 19.7 Å². The molecular formula is C34H34Br2FN5O4. The van der Waals surface area contributed by atoms with Gasteiger partial charge in [0.15, 0.2) is 0 Å². The number of hydrogen-bond donors (Lipinski definition) is 3. The van der Waals surface area contributed by atoms with E-state index in [2.05, 4.69) is 42.5 Å². The number of benzene rings is 3. The van der Waals surface area contributed by atoms with Crippen molar-refractivity contribution in [2.24, 2.45) is 0 Å². The van der Waals surface area contributed by atoms with Crippen molar-refractivity contribution in [3.63, 3.8) is 0 Å². The summed E-state index contributed by atoms with van der Waals surface area (Å²) in [5.74, 6) is -0.452. The molecule has 3 heterocycles. The van der Waals surface area contributed by atoms with Crippen LogP contribution >= 0.6 is 31.9 Å². The number of piperidine rings is 1. The van der Waals surface area contributed by atoms with Crippen molar-refractivity contribution in [1.29, 1.82) is 0 Å². The van der Waals surface area contributed by atoms with Crippen LogP contribution in [0.2, 0.25) is 0 Å². The fourth-order valence-electron chi connectivity index (χ4n) is 6.38. The van der Waals surface area contributed by atoms with Gasteiger partial charge >= 0.3 is 12.1 Å². The van der Waals surface area contributed by atoms with Crippen molar-refractivity contribution in [2.45, 2.75) is 44.3 Å². The molecule has 6 rings (SSSR count). The Bertz CT molecular complexity index is 1650. The average Bonchev–Trinajstić information content (AvgIpc) is 3.07. The average molecular weight is 755 g/mol. The van der Waals surface area contributed by atoms with Crippen molar-refractivity contribution < 1.29 is 23.9 Å². The molecule has 0 bridgehead atoms. The highest BCUT2D eigenvalue weighted by atomic mass is 79.9. The predicted octanol–water partition coefficient (Wildman–Crippen LogP) is 6.19. The number of anilines is 1. The molecule has 0 radical (unpaired) electrons. The van der Waals surface area contributed by atoms with Gasteiger partial charge in [0.25, 0.3) is 0 Å². The van der Waals surface area contributed by atoms with Crippen LogP contribution < -0.4 is 15.5 Å². The first-order valence-electron chi connectivity index (χ1n) is 15.3. The van der Waals surface area contributed by atoms with Crippen LogP contribution in [0.25, 0.3) is 5.57 Å². The fraction of sp³-hybridized carbons (Fsp3) is 0.324. The molecule has 0 aromatic heterocycles. The Hall–Kier alpha value is -3.90. The number of carbonyl (C=O) groups is 3. The molecule has 46 heavy (non-hydrogen) atoms. The number of phenols is 1. The number of phenolic OH excluding ortho intramolecular Hbond substituents is 1. The van der Waals surface area contributed by atoms with E-state index < -0.39 is 6.04 Å². The molecule has 3 N–H and O–H groups in total. The molecule has 240 valence electrons. The molecular weight excluding hydrogens is 721 g/mol. The summed E-state index contributed by atoms with van der Waals surface area (Å²) in [6, 6.07) is 16.3. The number of carbonyl (C=O) groups excluding carboxylic acids is 3. The third-order valence-corrected chi connectivity index (χ3v) is 10.1. The summed E-state index contributed by atoms with van der Waals surface area (Å²) in [7, 11) is 0. The van der Waals surface area contributed by atoms with E-state index in [9.17, 15) is 23.9 Å². The second kappa shape index (κ2) is 13.8. The molecule has 3 aliphatic rings. The van der Waals surface area contributed by atoms with Crippen LogP contribution in [-0.2, 0) is 17.8 Å². The fourth-order valence-corrected chi connectivity index (χ4v) is 7.66. The number of nitrogens with one attached hydrogen (secondary N) is 2. The minimum Gasteiger partial charge on any atom is -0.506 e. The van der Waals surface area contributed by atoms with E-state index in [1.807, 2.05) is 35.2 Å². The molecule has 0 spiro atoms. The first-order chi connectivity index (χ1) is 22.2. The van der Waals surface area contributed by atoms with Gasteiger partial charge in [-0.15, -0.1) is 0 Å². The zero-order valence-corrected chi connectivity index (χ0v) is 28.2. The number of rotatable bonds is 6. The summed E-state index contributed by atoms with van der Waals surface area (Å²) >= 11 is 6.73. The summed E-state index contributed by atoms with van der Waals surface area (Å²) in [6.45, 7) is 2.20. The Morgan fingerprint density at radius 3 is 2.37 bits per heavy atom. The van der Waals surface area contributed by atoms with E-state index >= 15 is 0 Å². The van der Waals surface area contributed by atoms with Gasteiger partial charge in [0.2, 0.25) is 5.91 Å². The molecule has 12 heteroatoms. The van der Waals surface area contributed by atoms with Gasteiger partial charge in [0.1, 0.15) is 17.6 Å². The van der Waals surface area contributed by atoms with Crippen molar-refractivity contribution in [3.8, 4) is 5.75 Å². The first kappa shape index (κ1) is 32.1. The molecule has 0 aliphatic carbocycles. The molecule has 1 atom stereocenters. The Morgan fingerprint density at radius 1 is 1.00 bits per heavy atom. The second-order valence-corrected chi connectivity index (χ2v) is 13.5. The van der Waals surface area contributed by atoms with Crippen LogP contribution in [0, 0.1) is 5.82 Å². The molecule has 0 saturated carbocycles. The topological polar surface area (TPSA) is 105 Å². The lowest BCUT2D eigenvalue weighted by Crippen LogP contribution is -2.57. The Morgan fingerprint density at radius 2 is 1.70 bits per heavy atom. The summed E-state index contributed by atoms with van der Waals surface area (Å²) in [4.78, 5) is 45.7. The van der Waals surface area contributed by atoms with Crippen LogP contribution in [0.5, 0.6) is 5.75 Å². The molecule has 0 unspecified atom stereocenters. The number of para-hydroxylation sites is 1. The summed E-state index contributed by atoms with van der Waals surface area (Å²) in [6.07, 6.45) is 4.01. The monoisotopic (exact) mass is 753 g/mol. The minimum absolute atomic E-state index is 0.0509. The number of likely N-dealkylation sites (tertiary alicyclic amines) is 1. The van der Waals surface area contributed by atoms with Crippen LogP contribution in [0.3, 0.4) is 0 Å². The lowest BCUT2D eigenvalue weighted by Gasteiger charge is -2.41. The molecule has 1 saturated heterocycles. The predicted molar refractivity (Wildman–Crippen MR) is 181 cm³/mol. The van der Waals surface area contributed by atoms with E-state index in [1.165, 1.54) is 12.1 Å². The maximum absolute atomic E-state index is 13.9. The normalized spacial score (nSPS) is 17.6. The molecule has 3 aliphatic heterocycles. The molecule has 1 fully saturated rings. The molecule has 9 nitrogen and oxygen atoms in total. The number of hydrogen-bond acceptors (Lipinski definition) is 4. The van der Waals surface area contributed by atoms with Gasteiger partial charge in [-0.05, 0) is 104 Å². The first-order valence-corrected chi connectivity index (χ1v) is 16.9. The summed E-state index contributed by atoms with van der Waals surface area (Å²) in [5.41, 5.74) is 4.69. The van der Waals surface area contributed by atoms with E-state index in [1.54, 1.807) is 34.1 Å². The zero-order chi connectivity index (χ0) is 32.4. The van der Waals surface area contributed by atoms with Crippen LogP contribution in [-0.4, -0.2) is 71.1 Å². The van der Waals surface area contributed by atoms with Gasteiger partial charge in [-0.1, -0.05) is 36.4 Å². The lowest BCUT2D eigenvalue weighted by atomic mass is 9.98. The highest BCUT2D eigenvalue weighted by Crippen LogP contribution is 2.34. The van der Waals surface area contributed by atoms with Gasteiger partial charge in [0, 0.05) is 45.2 Å². The Labute approximate surface area is 283 Å². The third-order valence-electron chi connectivity index (χ3n) is 8.86. The Kier molecular flexibility index (Phi) is 9.65. The highest BCUT2D eigenvalue weighted by molar-refractivity contribution is 9.11. The Balaban J connectivity index is 1.15. The number of nitrogens with zero attached hydrogens (tertiary/aromatic N) is 3. The second-order valence-electron chi connectivity index (χ2n) is 11.8. The number of fused-ring (bicyclic) bond motifs is 1. The van der Waals surface area contributed by atoms with E-state index in [0.29, 0.717) is 60.9 Å². The standard InChI is InChI=1S/C34H34Br2FN5O4/c35-27-17-21(18-28(36)31(27)43)19-29(32(44)40-13-9-23(10-14-40)22-5-7-25(37)8-6-22)39-34(46)41-15-11-26(12-16-41)42-30-4-2-1-3-24(30)20-38-33(42)45/h1-9,17-18,26,29,43H,10-16,19-20H2,(H,38,45)(H,39,46)/t29-/m1/s1. The summed E-state index contributed by atoms with van der Waals surface area (Å²) < 4.78 is 14.4. The van der Waals surface area contributed by atoms with Crippen molar-refractivity contribution in [2.75, 3.05) is 31.1 Å². The van der Waals surface area contributed by atoms with E-state index in [-0.39, 0.29) is 42.0 Å². The SMILES string of the molecule is O=C(N[C@H](Cc1cc(Br)c(O)c(Br)c1)C(=O)N1CC=C(c2ccc(F)cc2)CC1)N1CCC(N2C(=O)NCc3ccccc32)CC1. The van der Waals surface area contributed by atoms with Crippen LogP contribution in [0.15, 0.2) is 75.7 Å². The van der Waals surface area contributed by atoms with E-state index in [4.69, 9.17) is 0 Å². The maximum atomic E-state index is 13.9. The highest BCUT2D eigenvalue weighted by Gasteiger charge is 2.35. The maximum Gasteiger partial charge on any atom is 0.322 e. The van der Waals surface area contributed by atoms with Gasteiger partial charge in [0.05, 0.1) is 14.6 Å². The largest absolute Gasteiger partial charge is 0.506 e. The smallest absolute Gasteiger partial charge is 0.322 e. The lowest BCUT2D eigenvalue weighted by molar-refractivity contribution is -0.132. The molecule has 3 aromatic rings. The number of halogens is 3. The third kappa shape index (κ3) is 6.92. The molecule has 3 aromatic carbocycles. The quantitative estimate of drug-likeness (QED) is 0.280. The van der Waals surface area contributed by atoms with Gasteiger partial charge in [-0.3, -0.25) is 9.69 Å². The number of amides is 5. The van der Waals surface area contributed by atoms with Crippen LogP contribution in [0.1, 0.15) is 36.0 Å². The minimum atomic E-state index is -0.853. The van der Waals surface area contributed by atoms with Crippen molar-refractivity contribution in [3.05, 3.63) is 98.2 Å². The van der Waals surface area contributed by atoms with E-state index in [0.717, 1.165) is 28.0 Å². The van der Waals surface area contributed by atoms with Gasteiger partial charge < -0.3 is 25.5 Å².